The highest BCUT2D eigenvalue weighted by molar-refractivity contribution is 6.33. The lowest BCUT2D eigenvalue weighted by molar-refractivity contribution is 0.0514. The van der Waals surface area contributed by atoms with Gasteiger partial charge in [-0.2, -0.15) is 0 Å². The smallest absolute Gasteiger partial charge is 0.252 e. The van der Waals surface area contributed by atoms with Crippen LogP contribution >= 0.6 is 11.6 Å². The molecule has 1 aromatic heterocycles. The van der Waals surface area contributed by atoms with Gasteiger partial charge in [0.2, 0.25) is 0 Å². The highest BCUT2D eigenvalue weighted by Crippen LogP contribution is 2.26. The zero-order valence-corrected chi connectivity index (χ0v) is 13.0. The number of aryl methyl sites for hydroxylation is 2. The highest BCUT2D eigenvalue weighted by Gasteiger charge is 2.28. The van der Waals surface area contributed by atoms with Gasteiger partial charge in [-0.05, 0) is 39.0 Å². The normalized spacial score (nSPS) is 13.8. The zero-order chi connectivity index (χ0) is 15.6. The van der Waals surface area contributed by atoms with Gasteiger partial charge in [0, 0.05) is 5.56 Å². The predicted octanol–water partition coefficient (Wildman–Crippen LogP) is 3.19. The summed E-state index contributed by atoms with van der Waals surface area (Å²) in [5.41, 5.74) is -0.159. The minimum atomic E-state index is -1.21. The molecule has 0 radical (unpaired) electrons. The van der Waals surface area contributed by atoms with Crippen molar-refractivity contribution >= 4 is 17.5 Å². The number of furan rings is 1. The summed E-state index contributed by atoms with van der Waals surface area (Å²) >= 11 is 5.98. The maximum atomic E-state index is 12.1. The topological polar surface area (TPSA) is 62.5 Å². The van der Waals surface area contributed by atoms with Crippen molar-refractivity contribution in [2.45, 2.75) is 26.4 Å². The van der Waals surface area contributed by atoms with Gasteiger partial charge in [0.15, 0.2) is 0 Å². The Morgan fingerprint density at radius 2 is 2.05 bits per heavy atom. The summed E-state index contributed by atoms with van der Waals surface area (Å²) in [6, 6.07) is 8.56. The van der Waals surface area contributed by atoms with E-state index in [-0.39, 0.29) is 12.5 Å². The molecule has 1 aromatic carbocycles. The monoisotopic (exact) mass is 307 g/mol. The van der Waals surface area contributed by atoms with E-state index >= 15 is 0 Å². The Kier molecular flexibility index (Phi) is 4.40. The summed E-state index contributed by atoms with van der Waals surface area (Å²) in [4.78, 5) is 12.1. The van der Waals surface area contributed by atoms with E-state index in [9.17, 15) is 9.90 Å². The molecule has 0 spiro atoms. The molecule has 0 fully saturated rings. The first-order valence-electron chi connectivity index (χ1n) is 6.64. The van der Waals surface area contributed by atoms with Crippen LogP contribution in [0.2, 0.25) is 5.02 Å². The van der Waals surface area contributed by atoms with E-state index in [0.717, 1.165) is 5.76 Å². The molecule has 1 unspecified atom stereocenters. The van der Waals surface area contributed by atoms with Crippen molar-refractivity contribution in [1.82, 2.24) is 5.32 Å². The molecular formula is C16H18ClNO3. The maximum Gasteiger partial charge on any atom is 0.252 e. The Bertz CT molecular complexity index is 661. The van der Waals surface area contributed by atoms with Gasteiger partial charge in [0.25, 0.3) is 5.91 Å². The summed E-state index contributed by atoms with van der Waals surface area (Å²) in [5.74, 6) is 1.04. The minimum Gasteiger partial charge on any atom is -0.466 e. The number of halogens is 1. The molecule has 5 heteroatoms. The molecule has 0 saturated heterocycles. The third-order valence-electron chi connectivity index (χ3n) is 3.33. The molecule has 2 rings (SSSR count). The van der Waals surface area contributed by atoms with Gasteiger partial charge in [-0.15, -0.1) is 0 Å². The number of carbonyl (C=O) groups excluding carboxylic acids is 1. The van der Waals surface area contributed by atoms with Crippen LogP contribution in [0.1, 0.15) is 34.4 Å². The molecule has 0 saturated carbocycles. The van der Waals surface area contributed by atoms with E-state index in [0.29, 0.717) is 21.9 Å². The molecule has 0 aliphatic carbocycles. The Balaban J connectivity index is 2.10. The summed E-state index contributed by atoms with van der Waals surface area (Å²) in [6.45, 7) is 5.30. The quantitative estimate of drug-likeness (QED) is 0.912. The number of rotatable bonds is 4. The van der Waals surface area contributed by atoms with Crippen LogP contribution < -0.4 is 5.32 Å². The van der Waals surface area contributed by atoms with Crippen molar-refractivity contribution in [3.8, 4) is 0 Å². The van der Waals surface area contributed by atoms with Crippen molar-refractivity contribution in [2.24, 2.45) is 0 Å². The van der Waals surface area contributed by atoms with Gasteiger partial charge in [-0.1, -0.05) is 23.7 Å². The number of benzene rings is 1. The molecule has 4 nitrogen and oxygen atoms in total. The molecule has 0 aliphatic heterocycles. The van der Waals surface area contributed by atoms with Crippen LogP contribution in [0.15, 0.2) is 34.7 Å². The Morgan fingerprint density at radius 1 is 1.38 bits per heavy atom. The fourth-order valence-corrected chi connectivity index (χ4v) is 2.48. The Morgan fingerprint density at radius 3 is 2.62 bits per heavy atom. The standard InChI is InChI=1S/C16H18ClNO3/c1-10-8-13(11(2)21-10)16(3,20)9-18-15(19)12-6-4-5-7-14(12)17/h4-8,20H,9H2,1-3H3,(H,18,19). The fourth-order valence-electron chi connectivity index (χ4n) is 2.25. The average molecular weight is 308 g/mol. The van der Waals surface area contributed by atoms with Gasteiger partial charge in [0.1, 0.15) is 17.1 Å². The lowest BCUT2D eigenvalue weighted by atomic mass is 9.96. The minimum absolute atomic E-state index is 0.0663. The van der Waals surface area contributed by atoms with Crippen molar-refractivity contribution in [3.05, 3.63) is 58.0 Å². The molecule has 0 aliphatic rings. The molecule has 1 heterocycles. The van der Waals surface area contributed by atoms with Crippen LogP contribution in [0.3, 0.4) is 0 Å². The Labute approximate surface area is 128 Å². The summed E-state index contributed by atoms with van der Waals surface area (Å²) in [7, 11) is 0. The number of nitrogens with one attached hydrogen (secondary N) is 1. The van der Waals surface area contributed by atoms with E-state index in [2.05, 4.69) is 5.32 Å². The number of carbonyl (C=O) groups is 1. The first-order valence-corrected chi connectivity index (χ1v) is 7.01. The second-order valence-corrected chi connectivity index (χ2v) is 5.67. The third-order valence-corrected chi connectivity index (χ3v) is 3.66. The van der Waals surface area contributed by atoms with E-state index in [1.807, 2.05) is 6.92 Å². The Hall–Kier alpha value is -1.78. The zero-order valence-electron chi connectivity index (χ0n) is 12.2. The molecule has 1 atom stereocenters. The maximum absolute atomic E-state index is 12.1. The van der Waals surface area contributed by atoms with Crippen LogP contribution in [-0.4, -0.2) is 17.6 Å². The molecule has 21 heavy (non-hydrogen) atoms. The van der Waals surface area contributed by atoms with E-state index in [4.69, 9.17) is 16.0 Å². The van der Waals surface area contributed by atoms with Gasteiger partial charge < -0.3 is 14.8 Å². The SMILES string of the molecule is Cc1cc(C(C)(O)CNC(=O)c2ccccc2Cl)c(C)o1. The van der Waals surface area contributed by atoms with Crippen molar-refractivity contribution < 1.29 is 14.3 Å². The van der Waals surface area contributed by atoms with Crippen LogP contribution in [0.4, 0.5) is 0 Å². The van der Waals surface area contributed by atoms with Crippen LogP contribution in [0, 0.1) is 13.8 Å². The number of hydrogen-bond donors (Lipinski definition) is 2. The number of amides is 1. The van der Waals surface area contributed by atoms with Gasteiger partial charge in [0.05, 0.1) is 17.1 Å². The second-order valence-electron chi connectivity index (χ2n) is 5.26. The summed E-state index contributed by atoms with van der Waals surface area (Å²) in [6.07, 6.45) is 0. The summed E-state index contributed by atoms with van der Waals surface area (Å²) < 4.78 is 5.42. The fraction of sp³-hybridized carbons (Fsp3) is 0.312. The molecule has 0 bridgehead atoms. The molecule has 2 aromatic rings. The van der Waals surface area contributed by atoms with E-state index in [1.165, 1.54) is 0 Å². The van der Waals surface area contributed by atoms with Crippen molar-refractivity contribution in [3.63, 3.8) is 0 Å². The number of aliphatic hydroxyl groups is 1. The molecule has 1 amide bonds. The first-order chi connectivity index (χ1) is 9.81. The van der Waals surface area contributed by atoms with Gasteiger partial charge in [-0.3, -0.25) is 4.79 Å². The largest absolute Gasteiger partial charge is 0.466 e. The van der Waals surface area contributed by atoms with Crippen molar-refractivity contribution in [1.29, 1.82) is 0 Å². The van der Waals surface area contributed by atoms with E-state index < -0.39 is 5.60 Å². The van der Waals surface area contributed by atoms with E-state index in [1.54, 1.807) is 44.2 Å². The summed E-state index contributed by atoms with van der Waals surface area (Å²) in [5, 5.41) is 13.6. The van der Waals surface area contributed by atoms with Gasteiger partial charge >= 0.3 is 0 Å². The lowest BCUT2D eigenvalue weighted by Gasteiger charge is -2.23. The van der Waals surface area contributed by atoms with Gasteiger partial charge in [-0.25, -0.2) is 0 Å². The average Bonchev–Trinajstić information content (AvgIpc) is 2.76. The van der Waals surface area contributed by atoms with Crippen LogP contribution in [0.5, 0.6) is 0 Å². The van der Waals surface area contributed by atoms with Crippen molar-refractivity contribution in [2.75, 3.05) is 6.54 Å². The number of hydrogen-bond acceptors (Lipinski definition) is 3. The third kappa shape index (κ3) is 3.46. The molecule has 112 valence electrons. The molecule has 2 N–H and O–H groups in total. The second kappa shape index (κ2) is 5.92. The molecular weight excluding hydrogens is 290 g/mol. The predicted molar refractivity (Wildman–Crippen MR) is 81.5 cm³/mol. The lowest BCUT2D eigenvalue weighted by Crippen LogP contribution is -2.38. The highest BCUT2D eigenvalue weighted by atomic mass is 35.5. The van der Waals surface area contributed by atoms with Crippen LogP contribution in [0.25, 0.3) is 0 Å². The van der Waals surface area contributed by atoms with Crippen LogP contribution in [-0.2, 0) is 5.60 Å². The first kappa shape index (κ1) is 15.6.